The lowest BCUT2D eigenvalue weighted by molar-refractivity contribution is 0.0386. The number of aromatic nitrogens is 1. The zero-order chi connectivity index (χ0) is 18.1. The van der Waals surface area contributed by atoms with Crippen molar-refractivity contribution in [3.63, 3.8) is 0 Å². The molecule has 136 valence electrons. The number of fused-ring (bicyclic) bond motifs is 1. The standard InChI is InChI=1S/C21H24N2O2S/c1-14(24)16-9-3-4-10-17(16)20-22-18(13-26-20)21(25)23-12-6-8-15-7-2-5-11-19(15)23/h3-4,9-10,13,15,19H,2,5-8,11-12H2,1H3. The van der Waals surface area contributed by atoms with Crippen molar-refractivity contribution in [1.29, 1.82) is 0 Å². The number of hydrogen-bond acceptors (Lipinski definition) is 4. The Bertz CT molecular complexity index is 827. The van der Waals surface area contributed by atoms with Crippen LogP contribution in [0.15, 0.2) is 29.6 Å². The normalized spacial score (nSPS) is 22.7. The number of hydrogen-bond donors (Lipinski definition) is 0. The number of benzene rings is 1. The van der Waals surface area contributed by atoms with Crippen molar-refractivity contribution in [2.75, 3.05) is 6.54 Å². The first-order chi connectivity index (χ1) is 12.6. The van der Waals surface area contributed by atoms with Gasteiger partial charge in [-0.25, -0.2) is 4.98 Å². The van der Waals surface area contributed by atoms with E-state index in [9.17, 15) is 9.59 Å². The maximum atomic E-state index is 13.1. The number of likely N-dealkylation sites (tertiary alicyclic amines) is 1. The Morgan fingerprint density at radius 2 is 1.88 bits per heavy atom. The Hall–Kier alpha value is -2.01. The van der Waals surface area contributed by atoms with Gasteiger partial charge >= 0.3 is 0 Å². The third-order valence-corrected chi connectivity index (χ3v) is 6.64. The molecule has 4 rings (SSSR count). The lowest BCUT2D eigenvalue weighted by atomic mass is 9.78. The van der Waals surface area contributed by atoms with Crippen LogP contribution in [0.2, 0.25) is 0 Å². The second-order valence-electron chi connectivity index (χ2n) is 7.39. The maximum Gasteiger partial charge on any atom is 0.273 e. The summed E-state index contributed by atoms with van der Waals surface area (Å²) < 4.78 is 0. The van der Waals surface area contributed by atoms with E-state index in [-0.39, 0.29) is 11.7 Å². The van der Waals surface area contributed by atoms with Crippen LogP contribution in [0.1, 0.15) is 66.3 Å². The number of carbonyl (C=O) groups is 2. The van der Waals surface area contributed by atoms with Gasteiger partial charge in [0, 0.05) is 29.1 Å². The summed E-state index contributed by atoms with van der Waals surface area (Å²) in [4.78, 5) is 31.7. The van der Waals surface area contributed by atoms with Crippen molar-refractivity contribution < 1.29 is 9.59 Å². The van der Waals surface area contributed by atoms with Crippen LogP contribution in [-0.4, -0.2) is 34.2 Å². The van der Waals surface area contributed by atoms with Gasteiger partial charge in [-0.3, -0.25) is 9.59 Å². The van der Waals surface area contributed by atoms with Gasteiger partial charge in [0.25, 0.3) is 5.91 Å². The molecule has 5 heteroatoms. The summed E-state index contributed by atoms with van der Waals surface area (Å²) >= 11 is 1.45. The fourth-order valence-electron chi connectivity index (χ4n) is 4.50. The molecule has 0 radical (unpaired) electrons. The minimum atomic E-state index is 0.0183. The molecule has 1 saturated carbocycles. The number of carbonyl (C=O) groups excluding carboxylic acids is 2. The van der Waals surface area contributed by atoms with Crippen LogP contribution in [-0.2, 0) is 0 Å². The van der Waals surface area contributed by atoms with Gasteiger partial charge in [-0.15, -0.1) is 11.3 Å². The second kappa shape index (κ2) is 7.31. The average Bonchev–Trinajstić information content (AvgIpc) is 3.17. The molecule has 1 amide bonds. The van der Waals surface area contributed by atoms with Gasteiger partial charge in [0.15, 0.2) is 5.78 Å². The van der Waals surface area contributed by atoms with Gasteiger partial charge in [-0.05, 0) is 38.5 Å². The Kier molecular flexibility index (Phi) is 4.90. The van der Waals surface area contributed by atoms with E-state index in [0.717, 1.165) is 30.0 Å². The predicted octanol–water partition coefficient (Wildman–Crippen LogP) is 4.81. The van der Waals surface area contributed by atoms with Crippen LogP contribution in [0.5, 0.6) is 0 Å². The zero-order valence-corrected chi connectivity index (χ0v) is 15.9. The lowest BCUT2D eigenvalue weighted by Crippen LogP contribution is -2.49. The first kappa shape index (κ1) is 17.4. The third kappa shape index (κ3) is 3.20. The molecule has 0 bridgehead atoms. The number of Topliss-reactive ketones (excluding diaryl/α,β-unsaturated/α-hetero) is 1. The molecular formula is C21H24N2O2S. The van der Waals surface area contributed by atoms with Gasteiger partial charge in [0.05, 0.1) is 0 Å². The Morgan fingerprint density at radius 1 is 1.12 bits per heavy atom. The molecule has 2 aromatic rings. The molecule has 1 saturated heterocycles. The van der Waals surface area contributed by atoms with Crippen molar-refractivity contribution in [3.8, 4) is 10.6 Å². The minimum Gasteiger partial charge on any atom is -0.334 e. The first-order valence-corrected chi connectivity index (χ1v) is 10.4. The molecule has 0 spiro atoms. The van der Waals surface area contributed by atoms with Gasteiger partial charge in [-0.1, -0.05) is 37.1 Å². The Morgan fingerprint density at radius 3 is 2.73 bits per heavy atom. The Balaban J connectivity index is 1.60. The van der Waals surface area contributed by atoms with Crippen LogP contribution in [0.4, 0.5) is 0 Å². The summed E-state index contributed by atoms with van der Waals surface area (Å²) in [6, 6.07) is 7.87. The summed E-state index contributed by atoms with van der Waals surface area (Å²) in [5.74, 6) is 0.743. The molecule has 2 unspecified atom stereocenters. The van der Waals surface area contributed by atoms with Crippen LogP contribution in [0.25, 0.3) is 10.6 Å². The van der Waals surface area contributed by atoms with Crippen LogP contribution in [0.3, 0.4) is 0 Å². The van der Waals surface area contributed by atoms with Gasteiger partial charge in [0.2, 0.25) is 0 Å². The number of piperidine rings is 1. The molecule has 1 aliphatic heterocycles. The highest BCUT2D eigenvalue weighted by molar-refractivity contribution is 7.13. The summed E-state index contributed by atoms with van der Waals surface area (Å²) in [6.07, 6.45) is 7.24. The van der Waals surface area contributed by atoms with Crippen LogP contribution >= 0.6 is 11.3 Å². The molecule has 2 fully saturated rings. The fraction of sp³-hybridized carbons (Fsp3) is 0.476. The van der Waals surface area contributed by atoms with E-state index in [1.807, 2.05) is 29.6 Å². The van der Waals surface area contributed by atoms with Gasteiger partial charge < -0.3 is 4.90 Å². The van der Waals surface area contributed by atoms with E-state index in [0.29, 0.717) is 23.2 Å². The second-order valence-corrected chi connectivity index (χ2v) is 8.25. The summed E-state index contributed by atoms with van der Waals surface area (Å²) in [6.45, 7) is 2.41. The van der Waals surface area contributed by atoms with Crippen molar-refractivity contribution in [2.45, 2.75) is 51.5 Å². The van der Waals surface area contributed by atoms with E-state index in [1.54, 1.807) is 6.92 Å². The van der Waals surface area contributed by atoms with E-state index in [1.165, 1.54) is 37.0 Å². The van der Waals surface area contributed by atoms with Gasteiger partial charge in [-0.2, -0.15) is 0 Å². The molecule has 1 aliphatic carbocycles. The Labute approximate surface area is 158 Å². The largest absolute Gasteiger partial charge is 0.334 e. The predicted molar refractivity (Wildman–Crippen MR) is 104 cm³/mol. The van der Waals surface area contributed by atoms with Crippen molar-refractivity contribution in [3.05, 3.63) is 40.9 Å². The zero-order valence-electron chi connectivity index (χ0n) is 15.1. The highest BCUT2D eigenvalue weighted by atomic mass is 32.1. The monoisotopic (exact) mass is 368 g/mol. The minimum absolute atomic E-state index is 0.0183. The number of ketones is 1. The molecule has 1 aromatic carbocycles. The molecular weight excluding hydrogens is 344 g/mol. The summed E-state index contributed by atoms with van der Waals surface area (Å²) in [5, 5.41) is 2.59. The highest BCUT2D eigenvalue weighted by Gasteiger charge is 2.36. The van der Waals surface area contributed by atoms with Gasteiger partial charge in [0.1, 0.15) is 10.7 Å². The molecule has 2 heterocycles. The quantitative estimate of drug-likeness (QED) is 0.731. The van der Waals surface area contributed by atoms with Crippen molar-refractivity contribution in [2.24, 2.45) is 5.92 Å². The van der Waals surface area contributed by atoms with E-state index in [2.05, 4.69) is 9.88 Å². The lowest BCUT2D eigenvalue weighted by Gasteiger charge is -2.43. The molecule has 26 heavy (non-hydrogen) atoms. The van der Waals surface area contributed by atoms with E-state index >= 15 is 0 Å². The molecule has 1 aromatic heterocycles. The molecule has 2 aliphatic rings. The molecule has 4 nitrogen and oxygen atoms in total. The topological polar surface area (TPSA) is 50.3 Å². The van der Waals surface area contributed by atoms with E-state index in [4.69, 9.17) is 0 Å². The summed E-state index contributed by atoms with van der Waals surface area (Å²) in [5.41, 5.74) is 2.00. The average molecular weight is 369 g/mol. The highest BCUT2D eigenvalue weighted by Crippen LogP contribution is 2.36. The van der Waals surface area contributed by atoms with Crippen molar-refractivity contribution >= 4 is 23.0 Å². The number of amides is 1. The summed E-state index contributed by atoms with van der Waals surface area (Å²) in [7, 11) is 0. The first-order valence-electron chi connectivity index (χ1n) is 9.52. The van der Waals surface area contributed by atoms with Crippen LogP contribution in [0, 0.1) is 5.92 Å². The molecule has 2 atom stereocenters. The smallest absolute Gasteiger partial charge is 0.273 e. The van der Waals surface area contributed by atoms with Crippen molar-refractivity contribution in [1.82, 2.24) is 9.88 Å². The maximum absolute atomic E-state index is 13.1. The number of rotatable bonds is 3. The molecule has 0 N–H and O–H groups in total. The van der Waals surface area contributed by atoms with Crippen LogP contribution < -0.4 is 0 Å². The SMILES string of the molecule is CC(=O)c1ccccc1-c1nc(C(=O)N2CCCC3CCCCC32)cs1. The third-order valence-electron chi connectivity index (χ3n) is 5.76. The fourth-order valence-corrected chi connectivity index (χ4v) is 5.33. The number of nitrogens with zero attached hydrogens (tertiary/aromatic N) is 2. The van der Waals surface area contributed by atoms with E-state index < -0.39 is 0 Å². The number of thiazole rings is 1.